The maximum absolute atomic E-state index is 11.6. The molecule has 0 saturated carbocycles. The number of nitrogens with zero attached hydrogens (tertiary/aromatic N) is 2. The summed E-state index contributed by atoms with van der Waals surface area (Å²) in [5.41, 5.74) is 2.81. The van der Waals surface area contributed by atoms with Gasteiger partial charge in [-0.05, 0) is 12.8 Å². The van der Waals surface area contributed by atoms with E-state index in [0.717, 1.165) is 31.6 Å². The molecular weight excluding hydrogens is 210 g/mol. The van der Waals surface area contributed by atoms with Gasteiger partial charge in [-0.3, -0.25) is 4.79 Å². The molecule has 0 unspecified atom stereocenters. The molecule has 1 amide bonds. The zero-order valence-corrected chi connectivity index (χ0v) is 9.42. The highest BCUT2D eigenvalue weighted by Gasteiger charge is 2.16. The second-order valence-electron chi connectivity index (χ2n) is 3.67. The molecule has 0 radical (unpaired) electrons. The summed E-state index contributed by atoms with van der Waals surface area (Å²) in [5.74, 6) is 0.211. The molecule has 4 nitrogen and oxygen atoms in total. The van der Waals surface area contributed by atoms with Gasteiger partial charge in [-0.25, -0.2) is 4.98 Å². The molecule has 15 heavy (non-hydrogen) atoms. The fraction of sp³-hybridized carbons (Fsp3) is 0.600. The standard InChI is InChI=1S/C10H15N3OS/c14-10(13-3-1-2-4-13)6-11-5-9-7-15-8-12-9/h7-8,11H,1-6H2. The topological polar surface area (TPSA) is 45.2 Å². The van der Waals surface area contributed by atoms with Gasteiger partial charge in [-0.1, -0.05) is 0 Å². The molecule has 0 spiro atoms. The molecule has 1 aliphatic heterocycles. The lowest BCUT2D eigenvalue weighted by Crippen LogP contribution is -2.36. The van der Waals surface area contributed by atoms with Crippen molar-refractivity contribution in [3.8, 4) is 0 Å². The average molecular weight is 225 g/mol. The lowest BCUT2D eigenvalue weighted by atomic mass is 10.4. The van der Waals surface area contributed by atoms with Crippen molar-refractivity contribution in [3.05, 3.63) is 16.6 Å². The summed E-state index contributed by atoms with van der Waals surface area (Å²) >= 11 is 1.58. The van der Waals surface area contributed by atoms with Crippen molar-refractivity contribution in [2.24, 2.45) is 0 Å². The van der Waals surface area contributed by atoms with Crippen LogP contribution >= 0.6 is 11.3 Å². The van der Waals surface area contributed by atoms with E-state index in [4.69, 9.17) is 0 Å². The summed E-state index contributed by atoms with van der Waals surface area (Å²) in [4.78, 5) is 17.7. The fourth-order valence-corrected chi connectivity index (χ4v) is 2.26. The minimum Gasteiger partial charge on any atom is -0.342 e. The monoisotopic (exact) mass is 225 g/mol. The summed E-state index contributed by atoms with van der Waals surface area (Å²) < 4.78 is 0. The first-order chi connectivity index (χ1) is 7.36. The van der Waals surface area contributed by atoms with Crippen LogP contribution in [-0.4, -0.2) is 35.4 Å². The Morgan fingerprint density at radius 3 is 3.00 bits per heavy atom. The molecule has 1 N–H and O–H groups in total. The van der Waals surface area contributed by atoms with Gasteiger partial charge in [0.15, 0.2) is 0 Å². The van der Waals surface area contributed by atoms with Crippen LogP contribution in [0, 0.1) is 0 Å². The van der Waals surface area contributed by atoms with E-state index >= 15 is 0 Å². The zero-order chi connectivity index (χ0) is 10.5. The quantitative estimate of drug-likeness (QED) is 0.826. The van der Waals surface area contributed by atoms with Crippen LogP contribution in [0.2, 0.25) is 0 Å². The summed E-state index contributed by atoms with van der Waals surface area (Å²) in [7, 11) is 0. The Labute approximate surface area is 93.3 Å². The van der Waals surface area contributed by atoms with E-state index in [-0.39, 0.29) is 5.91 Å². The summed E-state index contributed by atoms with van der Waals surface area (Å²) in [6.07, 6.45) is 2.30. The number of nitrogens with one attached hydrogen (secondary N) is 1. The van der Waals surface area contributed by atoms with Crippen LogP contribution in [0.1, 0.15) is 18.5 Å². The fourth-order valence-electron chi connectivity index (χ4n) is 1.70. The van der Waals surface area contributed by atoms with Crippen molar-refractivity contribution in [3.63, 3.8) is 0 Å². The molecule has 1 aromatic heterocycles. The summed E-state index contributed by atoms with van der Waals surface area (Å²) in [6, 6.07) is 0. The van der Waals surface area contributed by atoms with E-state index in [9.17, 15) is 4.79 Å². The Kier molecular flexibility index (Phi) is 3.69. The van der Waals surface area contributed by atoms with Crippen molar-refractivity contribution in [1.29, 1.82) is 0 Å². The van der Waals surface area contributed by atoms with Crippen LogP contribution in [0.25, 0.3) is 0 Å². The van der Waals surface area contributed by atoms with Gasteiger partial charge in [0, 0.05) is 25.0 Å². The molecule has 0 aromatic carbocycles. The van der Waals surface area contributed by atoms with E-state index in [1.165, 1.54) is 0 Å². The molecule has 82 valence electrons. The maximum atomic E-state index is 11.6. The van der Waals surface area contributed by atoms with Gasteiger partial charge >= 0.3 is 0 Å². The Hall–Kier alpha value is -0.940. The van der Waals surface area contributed by atoms with Crippen LogP contribution in [0.15, 0.2) is 10.9 Å². The third-order valence-corrected chi connectivity index (χ3v) is 3.16. The van der Waals surface area contributed by atoms with Crippen molar-refractivity contribution < 1.29 is 4.79 Å². The molecule has 0 bridgehead atoms. The van der Waals surface area contributed by atoms with E-state index in [0.29, 0.717) is 13.1 Å². The number of likely N-dealkylation sites (tertiary alicyclic amines) is 1. The third-order valence-electron chi connectivity index (χ3n) is 2.52. The van der Waals surface area contributed by atoms with Crippen LogP contribution in [0.5, 0.6) is 0 Å². The average Bonchev–Trinajstić information content (AvgIpc) is 2.90. The number of hydrogen-bond donors (Lipinski definition) is 1. The highest BCUT2D eigenvalue weighted by Crippen LogP contribution is 2.06. The highest BCUT2D eigenvalue weighted by molar-refractivity contribution is 7.07. The van der Waals surface area contributed by atoms with Crippen molar-refractivity contribution in [2.75, 3.05) is 19.6 Å². The maximum Gasteiger partial charge on any atom is 0.236 e. The van der Waals surface area contributed by atoms with E-state index in [2.05, 4.69) is 10.3 Å². The molecule has 0 atom stereocenters. The SMILES string of the molecule is O=C(CNCc1cscn1)N1CCCC1. The number of carbonyl (C=O) groups excluding carboxylic acids is 1. The largest absolute Gasteiger partial charge is 0.342 e. The Balaban J connectivity index is 1.67. The lowest BCUT2D eigenvalue weighted by molar-refractivity contribution is -0.129. The molecule has 2 rings (SSSR count). The molecule has 2 heterocycles. The van der Waals surface area contributed by atoms with E-state index < -0.39 is 0 Å². The molecule has 1 aliphatic rings. The second kappa shape index (κ2) is 5.23. The first-order valence-corrected chi connectivity index (χ1v) is 6.16. The Bertz CT molecular complexity index is 306. The molecule has 1 aromatic rings. The van der Waals surface area contributed by atoms with Gasteiger partial charge in [-0.15, -0.1) is 11.3 Å². The normalized spacial score (nSPS) is 15.9. The number of aromatic nitrogens is 1. The minimum absolute atomic E-state index is 0.211. The van der Waals surface area contributed by atoms with Crippen LogP contribution in [0.3, 0.4) is 0 Å². The highest BCUT2D eigenvalue weighted by atomic mass is 32.1. The van der Waals surface area contributed by atoms with E-state index in [1.54, 1.807) is 16.8 Å². The van der Waals surface area contributed by atoms with Crippen LogP contribution < -0.4 is 5.32 Å². The van der Waals surface area contributed by atoms with Gasteiger partial charge in [0.2, 0.25) is 5.91 Å². The molecular formula is C10H15N3OS. The van der Waals surface area contributed by atoms with Gasteiger partial charge in [0.1, 0.15) is 0 Å². The predicted molar refractivity (Wildman–Crippen MR) is 59.6 cm³/mol. The molecule has 5 heteroatoms. The van der Waals surface area contributed by atoms with Crippen LogP contribution in [-0.2, 0) is 11.3 Å². The number of amides is 1. The Morgan fingerprint density at radius 1 is 1.53 bits per heavy atom. The smallest absolute Gasteiger partial charge is 0.236 e. The number of thiazole rings is 1. The Morgan fingerprint density at radius 2 is 2.33 bits per heavy atom. The summed E-state index contributed by atoms with van der Waals surface area (Å²) in [6.45, 7) is 2.97. The van der Waals surface area contributed by atoms with E-state index in [1.807, 2.05) is 10.3 Å². The second-order valence-corrected chi connectivity index (χ2v) is 4.39. The minimum atomic E-state index is 0.211. The summed E-state index contributed by atoms with van der Waals surface area (Å²) in [5, 5.41) is 5.11. The molecule has 1 fully saturated rings. The first-order valence-electron chi connectivity index (χ1n) is 5.22. The molecule has 1 saturated heterocycles. The van der Waals surface area contributed by atoms with Crippen molar-refractivity contribution in [1.82, 2.24) is 15.2 Å². The number of rotatable bonds is 4. The zero-order valence-electron chi connectivity index (χ0n) is 8.61. The van der Waals surface area contributed by atoms with Gasteiger partial charge in [0.05, 0.1) is 17.7 Å². The first kappa shape index (κ1) is 10.6. The molecule has 0 aliphatic carbocycles. The van der Waals surface area contributed by atoms with Gasteiger partial charge in [-0.2, -0.15) is 0 Å². The van der Waals surface area contributed by atoms with Crippen molar-refractivity contribution >= 4 is 17.2 Å². The number of carbonyl (C=O) groups is 1. The van der Waals surface area contributed by atoms with Gasteiger partial charge in [0.25, 0.3) is 0 Å². The third kappa shape index (κ3) is 3.00. The van der Waals surface area contributed by atoms with Crippen LogP contribution in [0.4, 0.5) is 0 Å². The lowest BCUT2D eigenvalue weighted by Gasteiger charge is -2.15. The predicted octanol–water partition coefficient (Wildman–Crippen LogP) is 0.855. The van der Waals surface area contributed by atoms with Crippen molar-refractivity contribution in [2.45, 2.75) is 19.4 Å². The number of hydrogen-bond acceptors (Lipinski definition) is 4. The van der Waals surface area contributed by atoms with Gasteiger partial charge < -0.3 is 10.2 Å².